The van der Waals surface area contributed by atoms with Crippen molar-refractivity contribution in [2.24, 2.45) is 5.73 Å². The van der Waals surface area contributed by atoms with E-state index in [1.165, 1.54) is 0 Å². The van der Waals surface area contributed by atoms with E-state index >= 15 is 0 Å². The topological polar surface area (TPSA) is 101 Å². The number of piperidine rings is 1. The normalized spacial score (nSPS) is 17.3. The lowest BCUT2D eigenvalue weighted by atomic mass is 10.00. The maximum absolute atomic E-state index is 12.7. The standard InChI is InChI=1S/C16H26N4O3.ClH/c1-11-14(12(2)23-19-11)9-16(22)20-8-4-3-5-13(20)10-18-15(21)6-7-17;/h13H,3-10,17H2,1-2H3,(H,18,21);1H. The molecule has 1 atom stereocenters. The van der Waals surface area contributed by atoms with Crippen LogP contribution in [0.3, 0.4) is 0 Å². The summed E-state index contributed by atoms with van der Waals surface area (Å²) in [5.41, 5.74) is 7.01. The van der Waals surface area contributed by atoms with Gasteiger partial charge in [0.05, 0.1) is 12.1 Å². The van der Waals surface area contributed by atoms with Gasteiger partial charge in [0.15, 0.2) is 0 Å². The predicted octanol–water partition coefficient (Wildman–Crippen LogP) is 1.10. The maximum Gasteiger partial charge on any atom is 0.227 e. The molecule has 1 aromatic rings. The molecule has 1 fully saturated rings. The SMILES string of the molecule is Cc1noc(C)c1CC(=O)N1CCCCC1CNC(=O)CCN.Cl. The highest BCUT2D eigenvalue weighted by Crippen LogP contribution is 2.20. The molecule has 0 spiro atoms. The van der Waals surface area contributed by atoms with Gasteiger partial charge in [-0.15, -0.1) is 12.4 Å². The van der Waals surface area contributed by atoms with Crippen molar-refractivity contribution < 1.29 is 14.1 Å². The van der Waals surface area contributed by atoms with Gasteiger partial charge in [0.1, 0.15) is 5.76 Å². The quantitative estimate of drug-likeness (QED) is 0.793. The van der Waals surface area contributed by atoms with E-state index in [0.29, 0.717) is 31.7 Å². The first-order chi connectivity index (χ1) is 11.0. The van der Waals surface area contributed by atoms with Gasteiger partial charge >= 0.3 is 0 Å². The minimum Gasteiger partial charge on any atom is -0.361 e. The lowest BCUT2D eigenvalue weighted by molar-refractivity contribution is -0.134. The highest BCUT2D eigenvalue weighted by molar-refractivity contribution is 5.85. The summed E-state index contributed by atoms with van der Waals surface area (Å²) in [6.45, 7) is 5.24. The Balaban J connectivity index is 0.00000288. The fraction of sp³-hybridized carbons (Fsp3) is 0.688. The average Bonchev–Trinajstić information content (AvgIpc) is 2.85. The number of carbonyl (C=O) groups is 2. The van der Waals surface area contributed by atoms with Crippen molar-refractivity contribution in [1.29, 1.82) is 0 Å². The van der Waals surface area contributed by atoms with Crippen molar-refractivity contribution >= 4 is 24.2 Å². The summed E-state index contributed by atoms with van der Waals surface area (Å²) < 4.78 is 5.13. The predicted molar refractivity (Wildman–Crippen MR) is 93.0 cm³/mol. The van der Waals surface area contributed by atoms with Crippen LogP contribution in [-0.2, 0) is 16.0 Å². The van der Waals surface area contributed by atoms with E-state index in [1.807, 2.05) is 18.7 Å². The third-order valence-corrected chi connectivity index (χ3v) is 4.36. The highest BCUT2D eigenvalue weighted by atomic mass is 35.5. The number of carbonyl (C=O) groups excluding carboxylic acids is 2. The molecule has 0 aromatic carbocycles. The van der Waals surface area contributed by atoms with Gasteiger partial charge in [-0.2, -0.15) is 0 Å². The summed E-state index contributed by atoms with van der Waals surface area (Å²) in [5, 5.41) is 6.77. The Labute approximate surface area is 148 Å². The molecule has 1 aliphatic heterocycles. The number of aryl methyl sites for hydroxylation is 2. The molecule has 1 aliphatic rings. The molecule has 1 aromatic heterocycles. The molecule has 136 valence electrons. The Kier molecular flexibility index (Phi) is 8.21. The van der Waals surface area contributed by atoms with E-state index in [-0.39, 0.29) is 30.3 Å². The van der Waals surface area contributed by atoms with Crippen LogP contribution in [0.2, 0.25) is 0 Å². The first-order valence-corrected chi connectivity index (χ1v) is 8.21. The smallest absolute Gasteiger partial charge is 0.227 e. The van der Waals surface area contributed by atoms with Crippen molar-refractivity contribution in [1.82, 2.24) is 15.4 Å². The zero-order chi connectivity index (χ0) is 16.8. The van der Waals surface area contributed by atoms with Gasteiger partial charge in [-0.1, -0.05) is 5.16 Å². The Hall–Kier alpha value is -1.60. The van der Waals surface area contributed by atoms with Crippen molar-refractivity contribution in [3.63, 3.8) is 0 Å². The van der Waals surface area contributed by atoms with Crippen LogP contribution in [0.4, 0.5) is 0 Å². The number of aromatic nitrogens is 1. The molecule has 7 nitrogen and oxygen atoms in total. The van der Waals surface area contributed by atoms with Gasteiger partial charge in [0.2, 0.25) is 11.8 Å². The number of nitrogens with two attached hydrogens (primary N) is 1. The maximum atomic E-state index is 12.7. The number of hydrogen-bond donors (Lipinski definition) is 2. The minimum atomic E-state index is -0.0591. The molecule has 0 bridgehead atoms. The van der Waals surface area contributed by atoms with Crippen molar-refractivity contribution in [3.05, 3.63) is 17.0 Å². The minimum absolute atomic E-state index is 0. The molecule has 8 heteroatoms. The second-order valence-corrected chi connectivity index (χ2v) is 6.06. The molecule has 0 radical (unpaired) electrons. The van der Waals surface area contributed by atoms with Gasteiger partial charge in [0.25, 0.3) is 0 Å². The van der Waals surface area contributed by atoms with E-state index in [0.717, 1.165) is 37.1 Å². The fourth-order valence-corrected chi connectivity index (χ4v) is 3.00. The number of halogens is 1. The highest BCUT2D eigenvalue weighted by Gasteiger charge is 2.28. The number of amides is 2. The van der Waals surface area contributed by atoms with Crippen molar-refractivity contribution in [3.8, 4) is 0 Å². The Morgan fingerprint density at radius 2 is 2.12 bits per heavy atom. The molecule has 3 N–H and O–H groups in total. The van der Waals surface area contributed by atoms with E-state index in [1.54, 1.807) is 0 Å². The number of rotatable bonds is 6. The van der Waals surface area contributed by atoms with Crippen LogP contribution in [0.1, 0.15) is 42.7 Å². The first kappa shape index (κ1) is 20.4. The molecule has 0 aliphatic carbocycles. The summed E-state index contributed by atoms with van der Waals surface area (Å²) in [6, 6.07) is 0.0541. The number of likely N-dealkylation sites (tertiary alicyclic amines) is 1. The third kappa shape index (κ3) is 5.21. The van der Waals surface area contributed by atoms with Crippen molar-refractivity contribution in [2.45, 2.75) is 52.0 Å². The number of nitrogens with zero attached hydrogens (tertiary/aromatic N) is 2. The molecule has 1 saturated heterocycles. The van der Waals surface area contributed by atoms with Gasteiger partial charge in [-0.05, 0) is 33.1 Å². The molecular weight excluding hydrogens is 332 g/mol. The second kappa shape index (κ2) is 9.64. The summed E-state index contributed by atoms with van der Waals surface area (Å²) in [7, 11) is 0. The Morgan fingerprint density at radius 1 is 1.38 bits per heavy atom. The Bertz CT molecular complexity index is 542. The monoisotopic (exact) mass is 358 g/mol. The largest absolute Gasteiger partial charge is 0.361 e. The zero-order valence-corrected chi connectivity index (χ0v) is 15.2. The molecular formula is C16H27ClN4O3. The molecule has 2 heterocycles. The van der Waals surface area contributed by atoms with E-state index < -0.39 is 0 Å². The third-order valence-electron chi connectivity index (χ3n) is 4.36. The summed E-state index contributed by atoms with van der Waals surface area (Å²) >= 11 is 0. The molecule has 24 heavy (non-hydrogen) atoms. The van der Waals surface area contributed by atoms with Crippen molar-refractivity contribution in [2.75, 3.05) is 19.6 Å². The van der Waals surface area contributed by atoms with Gasteiger partial charge < -0.3 is 20.5 Å². The first-order valence-electron chi connectivity index (χ1n) is 8.21. The Morgan fingerprint density at radius 3 is 2.75 bits per heavy atom. The van der Waals surface area contributed by atoms with Gasteiger partial charge in [-0.25, -0.2) is 0 Å². The van der Waals surface area contributed by atoms with Crippen LogP contribution in [0.5, 0.6) is 0 Å². The van der Waals surface area contributed by atoms with Crippen LogP contribution in [0.25, 0.3) is 0 Å². The summed E-state index contributed by atoms with van der Waals surface area (Å²) in [4.78, 5) is 26.2. The van der Waals surface area contributed by atoms with Crippen LogP contribution in [-0.4, -0.2) is 47.5 Å². The molecule has 2 rings (SSSR count). The van der Waals surface area contributed by atoms with Crippen LogP contribution < -0.4 is 11.1 Å². The molecule has 2 amide bonds. The van der Waals surface area contributed by atoms with Crippen LogP contribution >= 0.6 is 12.4 Å². The number of hydrogen-bond acceptors (Lipinski definition) is 5. The lowest BCUT2D eigenvalue weighted by Gasteiger charge is -2.36. The summed E-state index contributed by atoms with van der Waals surface area (Å²) in [6.07, 6.45) is 3.61. The van der Waals surface area contributed by atoms with Crippen LogP contribution in [0.15, 0.2) is 4.52 Å². The average molecular weight is 359 g/mol. The fourth-order valence-electron chi connectivity index (χ4n) is 3.00. The second-order valence-electron chi connectivity index (χ2n) is 6.06. The van der Waals surface area contributed by atoms with Gasteiger partial charge in [-0.3, -0.25) is 9.59 Å². The van der Waals surface area contributed by atoms with Crippen LogP contribution in [0, 0.1) is 13.8 Å². The van der Waals surface area contributed by atoms with Gasteiger partial charge in [0, 0.05) is 37.7 Å². The van der Waals surface area contributed by atoms with E-state index in [9.17, 15) is 9.59 Å². The zero-order valence-electron chi connectivity index (χ0n) is 14.3. The molecule has 0 saturated carbocycles. The van der Waals surface area contributed by atoms with E-state index in [4.69, 9.17) is 10.3 Å². The summed E-state index contributed by atoms with van der Waals surface area (Å²) in [5.74, 6) is 0.703. The van der Waals surface area contributed by atoms with E-state index in [2.05, 4.69) is 10.5 Å². The number of nitrogens with one attached hydrogen (secondary N) is 1. The molecule has 1 unspecified atom stereocenters. The lowest BCUT2D eigenvalue weighted by Crippen LogP contribution is -2.50.